The molecule has 2 aromatic rings. The Morgan fingerprint density at radius 3 is 2.74 bits per heavy atom. The van der Waals surface area contributed by atoms with Gasteiger partial charge in [-0.05, 0) is 20.3 Å². The SMILES string of the molecule is CCCn1cc(S(=O)(=O)Nc2[nH]ncc2C)nc1C. The highest BCUT2D eigenvalue weighted by Crippen LogP contribution is 2.16. The highest BCUT2D eigenvalue weighted by Gasteiger charge is 2.20. The second-order valence-corrected chi connectivity index (χ2v) is 5.98. The number of imidazole rings is 1. The first-order valence-electron chi connectivity index (χ1n) is 6.00. The van der Waals surface area contributed by atoms with Crippen molar-refractivity contribution in [3.63, 3.8) is 0 Å². The molecule has 0 aliphatic rings. The number of aromatic amines is 1. The summed E-state index contributed by atoms with van der Waals surface area (Å²) in [6, 6.07) is 0. The van der Waals surface area contributed by atoms with Crippen molar-refractivity contribution in [2.75, 3.05) is 4.72 Å². The topological polar surface area (TPSA) is 92.7 Å². The van der Waals surface area contributed by atoms with Crippen LogP contribution in [0.5, 0.6) is 0 Å². The van der Waals surface area contributed by atoms with E-state index in [9.17, 15) is 8.42 Å². The van der Waals surface area contributed by atoms with Crippen LogP contribution < -0.4 is 4.72 Å². The first-order chi connectivity index (χ1) is 8.94. The first kappa shape index (κ1) is 13.6. The second-order valence-electron chi connectivity index (χ2n) is 4.35. The summed E-state index contributed by atoms with van der Waals surface area (Å²) >= 11 is 0. The van der Waals surface area contributed by atoms with Crippen molar-refractivity contribution >= 4 is 15.8 Å². The van der Waals surface area contributed by atoms with Crippen LogP contribution in [0.3, 0.4) is 0 Å². The van der Waals surface area contributed by atoms with Crippen molar-refractivity contribution < 1.29 is 8.42 Å². The van der Waals surface area contributed by atoms with Gasteiger partial charge in [0, 0.05) is 18.3 Å². The lowest BCUT2D eigenvalue weighted by atomic mass is 10.4. The molecule has 0 amide bonds. The van der Waals surface area contributed by atoms with Crippen LogP contribution in [0.15, 0.2) is 17.4 Å². The predicted molar refractivity (Wildman–Crippen MR) is 71.4 cm³/mol. The maximum atomic E-state index is 12.2. The van der Waals surface area contributed by atoms with Crippen molar-refractivity contribution in [3.05, 3.63) is 23.8 Å². The fourth-order valence-corrected chi connectivity index (χ4v) is 2.81. The van der Waals surface area contributed by atoms with Gasteiger partial charge in [-0.2, -0.15) is 13.5 Å². The summed E-state index contributed by atoms with van der Waals surface area (Å²) in [4.78, 5) is 4.09. The number of rotatable bonds is 5. The van der Waals surface area contributed by atoms with Crippen molar-refractivity contribution in [3.8, 4) is 0 Å². The first-order valence-corrected chi connectivity index (χ1v) is 7.49. The number of aryl methyl sites for hydroxylation is 3. The van der Waals surface area contributed by atoms with E-state index in [0.29, 0.717) is 11.6 Å². The van der Waals surface area contributed by atoms with E-state index in [1.807, 2.05) is 11.5 Å². The lowest BCUT2D eigenvalue weighted by molar-refractivity contribution is 0.597. The molecule has 8 heteroatoms. The average molecular weight is 283 g/mol. The molecule has 7 nitrogen and oxygen atoms in total. The molecular weight excluding hydrogens is 266 g/mol. The summed E-state index contributed by atoms with van der Waals surface area (Å²) < 4.78 is 28.6. The Kier molecular flexibility index (Phi) is 3.61. The predicted octanol–water partition coefficient (Wildman–Crippen LogP) is 1.43. The molecule has 0 aromatic carbocycles. The summed E-state index contributed by atoms with van der Waals surface area (Å²) in [6.45, 7) is 6.33. The van der Waals surface area contributed by atoms with Crippen LogP contribution in [0.1, 0.15) is 24.7 Å². The van der Waals surface area contributed by atoms with E-state index >= 15 is 0 Å². The van der Waals surface area contributed by atoms with Crippen molar-refractivity contribution in [1.82, 2.24) is 19.7 Å². The molecule has 0 radical (unpaired) electrons. The van der Waals surface area contributed by atoms with Gasteiger partial charge in [-0.3, -0.25) is 9.82 Å². The molecule has 2 N–H and O–H groups in total. The van der Waals surface area contributed by atoms with Crippen LogP contribution in [0.25, 0.3) is 0 Å². The van der Waals surface area contributed by atoms with E-state index in [-0.39, 0.29) is 5.03 Å². The van der Waals surface area contributed by atoms with Crippen LogP contribution in [0.2, 0.25) is 0 Å². The van der Waals surface area contributed by atoms with E-state index in [0.717, 1.165) is 18.5 Å². The number of sulfonamides is 1. The van der Waals surface area contributed by atoms with Crippen molar-refractivity contribution in [2.45, 2.75) is 38.8 Å². The van der Waals surface area contributed by atoms with Gasteiger partial charge in [0.15, 0.2) is 5.03 Å². The maximum Gasteiger partial charge on any atom is 0.282 e. The molecule has 2 rings (SSSR count). The minimum Gasteiger partial charge on any atom is -0.334 e. The third-order valence-corrected chi connectivity index (χ3v) is 3.98. The van der Waals surface area contributed by atoms with E-state index in [4.69, 9.17) is 0 Å². The zero-order valence-electron chi connectivity index (χ0n) is 11.1. The molecular formula is C11H17N5O2S. The molecule has 104 valence electrons. The smallest absolute Gasteiger partial charge is 0.282 e. The number of nitrogens with one attached hydrogen (secondary N) is 2. The molecule has 0 bridgehead atoms. The third kappa shape index (κ3) is 2.78. The van der Waals surface area contributed by atoms with Gasteiger partial charge in [-0.25, -0.2) is 4.98 Å². The Morgan fingerprint density at radius 2 is 2.16 bits per heavy atom. The fraction of sp³-hybridized carbons (Fsp3) is 0.455. The molecule has 0 saturated carbocycles. The molecule has 0 unspecified atom stereocenters. The van der Waals surface area contributed by atoms with Gasteiger partial charge in [0.25, 0.3) is 10.0 Å². The molecule has 0 saturated heterocycles. The number of aromatic nitrogens is 4. The molecule has 0 fully saturated rings. The number of nitrogens with zero attached hydrogens (tertiary/aromatic N) is 3. The molecule has 19 heavy (non-hydrogen) atoms. The molecule has 2 heterocycles. The fourth-order valence-electron chi connectivity index (χ4n) is 1.71. The largest absolute Gasteiger partial charge is 0.334 e. The van der Waals surface area contributed by atoms with E-state index in [1.165, 1.54) is 0 Å². The maximum absolute atomic E-state index is 12.2. The van der Waals surface area contributed by atoms with Gasteiger partial charge in [0.2, 0.25) is 0 Å². The number of anilines is 1. The Balaban J connectivity index is 2.29. The molecule has 0 atom stereocenters. The van der Waals surface area contributed by atoms with Gasteiger partial charge in [-0.1, -0.05) is 6.92 Å². The van der Waals surface area contributed by atoms with Crippen LogP contribution in [-0.2, 0) is 16.6 Å². The van der Waals surface area contributed by atoms with Gasteiger partial charge in [0.1, 0.15) is 11.6 Å². The van der Waals surface area contributed by atoms with Gasteiger partial charge in [-0.15, -0.1) is 0 Å². The number of hydrogen-bond acceptors (Lipinski definition) is 4. The Morgan fingerprint density at radius 1 is 1.42 bits per heavy atom. The molecule has 2 aromatic heterocycles. The zero-order valence-corrected chi connectivity index (χ0v) is 12.0. The Hall–Kier alpha value is -1.83. The Bertz CT molecular complexity index is 671. The lowest BCUT2D eigenvalue weighted by Gasteiger charge is -2.03. The van der Waals surface area contributed by atoms with Gasteiger partial charge in [0.05, 0.1) is 6.20 Å². The highest BCUT2D eigenvalue weighted by atomic mass is 32.2. The Labute approximate surface area is 112 Å². The minimum atomic E-state index is -3.68. The van der Waals surface area contributed by atoms with Crippen LogP contribution in [0, 0.1) is 13.8 Å². The highest BCUT2D eigenvalue weighted by molar-refractivity contribution is 7.92. The van der Waals surface area contributed by atoms with Crippen LogP contribution >= 0.6 is 0 Å². The molecule has 0 spiro atoms. The molecule has 0 aliphatic heterocycles. The molecule has 0 aliphatic carbocycles. The van der Waals surface area contributed by atoms with Crippen molar-refractivity contribution in [2.24, 2.45) is 0 Å². The average Bonchev–Trinajstić information content (AvgIpc) is 2.88. The summed E-state index contributed by atoms with van der Waals surface area (Å²) in [5, 5.41) is 6.40. The standard InChI is InChI=1S/C11H17N5O2S/c1-4-5-16-7-10(13-9(16)3)19(17,18)15-11-8(2)6-12-14-11/h6-7H,4-5H2,1-3H3,(H2,12,14,15). The second kappa shape index (κ2) is 5.04. The summed E-state index contributed by atoms with van der Waals surface area (Å²) in [7, 11) is -3.68. The van der Waals surface area contributed by atoms with Crippen LogP contribution in [-0.4, -0.2) is 28.2 Å². The monoisotopic (exact) mass is 283 g/mol. The number of hydrogen-bond donors (Lipinski definition) is 2. The summed E-state index contributed by atoms with van der Waals surface area (Å²) in [6.07, 6.45) is 4.02. The van der Waals surface area contributed by atoms with E-state index in [2.05, 4.69) is 19.9 Å². The van der Waals surface area contributed by atoms with E-state index < -0.39 is 10.0 Å². The lowest BCUT2D eigenvalue weighted by Crippen LogP contribution is -2.14. The van der Waals surface area contributed by atoms with Crippen molar-refractivity contribution in [1.29, 1.82) is 0 Å². The van der Waals surface area contributed by atoms with Gasteiger partial charge < -0.3 is 4.57 Å². The quantitative estimate of drug-likeness (QED) is 0.868. The normalized spacial score (nSPS) is 11.7. The number of H-pyrrole nitrogens is 1. The summed E-state index contributed by atoms with van der Waals surface area (Å²) in [5.41, 5.74) is 0.730. The third-order valence-electron chi connectivity index (χ3n) is 2.76. The minimum absolute atomic E-state index is 0.0208. The summed E-state index contributed by atoms with van der Waals surface area (Å²) in [5.74, 6) is 1.05. The van der Waals surface area contributed by atoms with E-state index in [1.54, 1.807) is 26.2 Å². The zero-order chi connectivity index (χ0) is 14.0. The van der Waals surface area contributed by atoms with Gasteiger partial charge >= 0.3 is 0 Å². The van der Waals surface area contributed by atoms with Crippen LogP contribution in [0.4, 0.5) is 5.82 Å².